The van der Waals surface area contributed by atoms with E-state index in [0.29, 0.717) is 5.96 Å². The Bertz CT molecular complexity index is 457. The number of piperidine rings is 1. The number of nitrogens with zero attached hydrogens (tertiary/aromatic N) is 3. The average molecular weight is 286 g/mol. The highest BCUT2D eigenvalue weighted by Gasteiger charge is 2.23. The second kappa shape index (κ2) is 6.94. The van der Waals surface area contributed by atoms with Gasteiger partial charge in [0.15, 0.2) is 5.96 Å². The highest BCUT2D eigenvalue weighted by molar-refractivity contribution is 5.81. The van der Waals surface area contributed by atoms with E-state index in [1.165, 1.54) is 45.3 Å². The van der Waals surface area contributed by atoms with Crippen LogP contribution in [0, 0.1) is 5.92 Å². The highest BCUT2D eigenvalue weighted by Crippen LogP contribution is 2.21. The van der Waals surface area contributed by atoms with E-state index >= 15 is 0 Å². The molecule has 0 atom stereocenters. The van der Waals surface area contributed by atoms with E-state index in [1.54, 1.807) is 0 Å². The van der Waals surface area contributed by atoms with Crippen molar-refractivity contribution in [2.45, 2.75) is 25.7 Å². The molecule has 3 rings (SSSR count). The lowest BCUT2D eigenvalue weighted by Gasteiger charge is -2.34. The lowest BCUT2D eigenvalue weighted by Crippen LogP contribution is -2.44. The molecule has 4 nitrogen and oxygen atoms in total. The molecule has 0 amide bonds. The first-order valence-corrected chi connectivity index (χ1v) is 8.18. The SMILES string of the molecule is NC(=Nc1ccccc1)N1CCC(CN2CCCC2)CC1. The minimum atomic E-state index is 0.667. The third kappa shape index (κ3) is 3.97. The van der Waals surface area contributed by atoms with Crippen molar-refractivity contribution in [2.24, 2.45) is 16.6 Å². The van der Waals surface area contributed by atoms with Gasteiger partial charge < -0.3 is 15.5 Å². The van der Waals surface area contributed by atoms with Gasteiger partial charge in [-0.2, -0.15) is 0 Å². The van der Waals surface area contributed by atoms with Gasteiger partial charge in [0, 0.05) is 19.6 Å². The van der Waals surface area contributed by atoms with Crippen LogP contribution < -0.4 is 5.73 Å². The molecule has 0 radical (unpaired) electrons. The van der Waals surface area contributed by atoms with Crippen molar-refractivity contribution in [3.8, 4) is 0 Å². The van der Waals surface area contributed by atoms with Gasteiger partial charge in [0.05, 0.1) is 5.69 Å². The van der Waals surface area contributed by atoms with Crippen molar-refractivity contribution in [3.63, 3.8) is 0 Å². The second-order valence-corrected chi connectivity index (χ2v) is 6.24. The van der Waals surface area contributed by atoms with Gasteiger partial charge >= 0.3 is 0 Å². The van der Waals surface area contributed by atoms with Crippen molar-refractivity contribution in [2.75, 3.05) is 32.7 Å². The van der Waals surface area contributed by atoms with Crippen molar-refractivity contribution >= 4 is 11.6 Å². The maximum Gasteiger partial charge on any atom is 0.196 e. The topological polar surface area (TPSA) is 44.9 Å². The number of benzene rings is 1. The third-order valence-electron chi connectivity index (χ3n) is 4.65. The van der Waals surface area contributed by atoms with Gasteiger partial charge in [-0.1, -0.05) is 18.2 Å². The molecule has 2 aliphatic heterocycles. The van der Waals surface area contributed by atoms with Crippen LogP contribution in [0.2, 0.25) is 0 Å². The summed E-state index contributed by atoms with van der Waals surface area (Å²) in [5.74, 6) is 1.50. The second-order valence-electron chi connectivity index (χ2n) is 6.24. The summed E-state index contributed by atoms with van der Waals surface area (Å²) in [6, 6.07) is 9.97. The number of rotatable bonds is 3. The Kier molecular flexibility index (Phi) is 4.76. The van der Waals surface area contributed by atoms with Crippen LogP contribution >= 0.6 is 0 Å². The number of aliphatic imine (C=N–C) groups is 1. The quantitative estimate of drug-likeness (QED) is 0.685. The van der Waals surface area contributed by atoms with Crippen LogP contribution in [0.25, 0.3) is 0 Å². The number of hydrogen-bond acceptors (Lipinski definition) is 2. The number of nitrogens with two attached hydrogens (primary N) is 1. The largest absolute Gasteiger partial charge is 0.369 e. The normalized spacial score (nSPS) is 21.9. The Morgan fingerprint density at radius 1 is 1.05 bits per heavy atom. The van der Waals surface area contributed by atoms with Gasteiger partial charge in [0.25, 0.3) is 0 Å². The summed E-state index contributed by atoms with van der Waals surface area (Å²) in [5.41, 5.74) is 7.09. The Labute approximate surface area is 127 Å². The molecule has 2 N–H and O–H groups in total. The van der Waals surface area contributed by atoms with Gasteiger partial charge in [-0.3, -0.25) is 0 Å². The molecule has 4 heteroatoms. The molecule has 21 heavy (non-hydrogen) atoms. The first-order valence-electron chi connectivity index (χ1n) is 8.18. The maximum absolute atomic E-state index is 6.16. The van der Waals surface area contributed by atoms with Gasteiger partial charge in [0.2, 0.25) is 0 Å². The van der Waals surface area contributed by atoms with Crippen LogP contribution in [-0.2, 0) is 0 Å². The lowest BCUT2D eigenvalue weighted by molar-refractivity contribution is 0.200. The zero-order chi connectivity index (χ0) is 14.5. The lowest BCUT2D eigenvalue weighted by atomic mass is 9.96. The van der Waals surface area contributed by atoms with Crippen molar-refractivity contribution in [1.82, 2.24) is 9.80 Å². The molecular formula is C17H26N4. The Morgan fingerprint density at radius 2 is 1.71 bits per heavy atom. The van der Waals surface area contributed by atoms with E-state index in [0.717, 1.165) is 24.7 Å². The molecule has 114 valence electrons. The molecule has 2 saturated heterocycles. The van der Waals surface area contributed by atoms with Crippen LogP contribution in [0.5, 0.6) is 0 Å². The van der Waals surface area contributed by atoms with E-state index in [4.69, 9.17) is 5.73 Å². The maximum atomic E-state index is 6.16. The minimum Gasteiger partial charge on any atom is -0.369 e. The summed E-state index contributed by atoms with van der Waals surface area (Å²) in [4.78, 5) is 9.38. The van der Waals surface area contributed by atoms with Gasteiger partial charge in [-0.15, -0.1) is 0 Å². The average Bonchev–Trinajstić information content (AvgIpc) is 3.02. The number of hydrogen-bond donors (Lipinski definition) is 1. The predicted octanol–water partition coefficient (Wildman–Crippen LogP) is 2.44. The van der Waals surface area contributed by atoms with Gasteiger partial charge in [0.1, 0.15) is 0 Å². The van der Waals surface area contributed by atoms with Crippen molar-refractivity contribution in [1.29, 1.82) is 0 Å². The number of likely N-dealkylation sites (tertiary alicyclic amines) is 2. The molecule has 0 aromatic heterocycles. The Balaban J connectivity index is 1.49. The van der Waals surface area contributed by atoms with Crippen LogP contribution in [0.3, 0.4) is 0 Å². The van der Waals surface area contributed by atoms with E-state index in [9.17, 15) is 0 Å². The van der Waals surface area contributed by atoms with Crippen molar-refractivity contribution in [3.05, 3.63) is 30.3 Å². The highest BCUT2D eigenvalue weighted by atomic mass is 15.3. The smallest absolute Gasteiger partial charge is 0.196 e. The number of para-hydroxylation sites is 1. The molecular weight excluding hydrogens is 260 g/mol. The Morgan fingerprint density at radius 3 is 2.38 bits per heavy atom. The minimum absolute atomic E-state index is 0.667. The summed E-state index contributed by atoms with van der Waals surface area (Å²) in [6.45, 7) is 5.97. The molecule has 0 unspecified atom stereocenters. The fraction of sp³-hybridized carbons (Fsp3) is 0.588. The summed E-state index contributed by atoms with van der Waals surface area (Å²) in [6.07, 6.45) is 5.24. The molecule has 2 aliphatic rings. The summed E-state index contributed by atoms with van der Waals surface area (Å²) < 4.78 is 0. The van der Waals surface area contributed by atoms with E-state index in [1.807, 2.05) is 30.3 Å². The molecule has 1 aromatic rings. The summed E-state index contributed by atoms with van der Waals surface area (Å²) >= 11 is 0. The number of guanidine groups is 1. The molecule has 1 aromatic carbocycles. The molecule has 0 spiro atoms. The summed E-state index contributed by atoms with van der Waals surface area (Å²) in [5, 5.41) is 0. The monoisotopic (exact) mass is 286 g/mol. The molecule has 0 bridgehead atoms. The standard InChI is InChI=1S/C17H26N4/c18-17(19-16-6-2-1-3-7-16)21-12-8-15(9-13-21)14-20-10-4-5-11-20/h1-3,6-7,15H,4-5,8-14H2,(H2,18,19). The van der Waals surface area contributed by atoms with Crippen molar-refractivity contribution < 1.29 is 0 Å². The molecule has 2 heterocycles. The Hall–Kier alpha value is -1.55. The molecule has 0 saturated carbocycles. The molecule has 2 fully saturated rings. The van der Waals surface area contributed by atoms with Crippen LogP contribution in [0.4, 0.5) is 5.69 Å². The van der Waals surface area contributed by atoms with Gasteiger partial charge in [-0.25, -0.2) is 4.99 Å². The fourth-order valence-corrected chi connectivity index (χ4v) is 3.38. The van der Waals surface area contributed by atoms with Crippen LogP contribution in [0.1, 0.15) is 25.7 Å². The zero-order valence-corrected chi connectivity index (χ0v) is 12.7. The third-order valence-corrected chi connectivity index (χ3v) is 4.65. The van der Waals surface area contributed by atoms with E-state index in [-0.39, 0.29) is 0 Å². The van der Waals surface area contributed by atoms with Gasteiger partial charge in [-0.05, 0) is 56.8 Å². The predicted molar refractivity (Wildman–Crippen MR) is 87.7 cm³/mol. The zero-order valence-electron chi connectivity index (χ0n) is 12.7. The molecule has 0 aliphatic carbocycles. The fourth-order valence-electron chi connectivity index (χ4n) is 3.38. The summed E-state index contributed by atoms with van der Waals surface area (Å²) in [7, 11) is 0. The first-order chi connectivity index (χ1) is 10.3. The van der Waals surface area contributed by atoms with E-state index in [2.05, 4.69) is 14.8 Å². The van der Waals surface area contributed by atoms with Crippen LogP contribution in [-0.4, -0.2) is 48.5 Å². The van der Waals surface area contributed by atoms with Crippen LogP contribution in [0.15, 0.2) is 35.3 Å². The van der Waals surface area contributed by atoms with E-state index < -0.39 is 0 Å². The first kappa shape index (κ1) is 14.4.